The minimum absolute atomic E-state index is 0.0327. The number of hydrogen-bond acceptors (Lipinski definition) is 5. The molecule has 0 aromatic carbocycles. The van der Waals surface area contributed by atoms with Crippen molar-refractivity contribution in [2.24, 2.45) is 5.92 Å². The number of fused-ring (bicyclic) bond motifs is 2. The van der Waals surface area contributed by atoms with E-state index in [9.17, 15) is 4.79 Å². The van der Waals surface area contributed by atoms with Gasteiger partial charge in [0.15, 0.2) is 0 Å². The number of anilines is 1. The summed E-state index contributed by atoms with van der Waals surface area (Å²) in [7, 11) is 0. The van der Waals surface area contributed by atoms with Crippen LogP contribution >= 0.6 is 0 Å². The van der Waals surface area contributed by atoms with Gasteiger partial charge in [-0.15, -0.1) is 0 Å². The SMILES string of the molecule is N#CCC(=O)N1C[C@H]2CCCN(c3ncnc4[nH]ccc34)[C@H]2C1. The number of likely N-dealkylation sites (tertiary alicyclic amines) is 1. The smallest absolute Gasteiger partial charge is 0.236 e. The zero-order chi connectivity index (χ0) is 15.8. The molecule has 0 saturated carbocycles. The number of H-pyrrole nitrogens is 1. The Morgan fingerprint density at radius 1 is 1.43 bits per heavy atom. The number of hydrogen-bond donors (Lipinski definition) is 1. The van der Waals surface area contributed by atoms with Crippen LogP contribution in [0.15, 0.2) is 18.6 Å². The zero-order valence-electron chi connectivity index (χ0n) is 12.8. The number of amides is 1. The van der Waals surface area contributed by atoms with E-state index in [0.29, 0.717) is 12.5 Å². The highest BCUT2D eigenvalue weighted by Gasteiger charge is 2.41. The number of nitrogens with one attached hydrogen (secondary N) is 1. The van der Waals surface area contributed by atoms with Gasteiger partial charge in [-0.3, -0.25) is 4.79 Å². The Morgan fingerprint density at radius 2 is 2.35 bits per heavy atom. The minimum Gasteiger partial charge on any atom is -0.351 e. The molecule has 0 unspecified atom stereocenters. The maximum atomic E-state index is 12.1. The number of carbonyl (C=O) groups is 1. The van der Waals surface area contributed by atoms with Gasteiger partial charge in [-0.25, -0.2) is 9.97 Å². The first-order valence-corrected chi connectivity index (χ1v) is 7.97. The molecular weight excluding hydrogens is 292 g/mol. The van der Waals surface area contributed by atoms with E-state index < -0.39 is 0 Å². The van der Waals surface area contributed by atoms with Crippen LogP contribution in [0, 0.1) is 17.2 Å². The van der Waals surface area contributed by atoms with Crippen molar-refractivity contribution < 1.29 is 4.79 Å². The molecule has 23 heavy (non-hydrogen) atoms. The first-order valence-electron chi connectivity index (χ1n) is 7.97. The summed E-state index contributed by atoms with van der Waals surface area (Å²) < 4.78 is 0. The van der Waals surface area contributed by atoms with Gasteiger partial charge in [0.1, 0.15) is 24.2 Å². The first-order chi connectivity index (χ1) is 11.3. The van der Waals surface area contributed by atoms with Crippen molar-refractivity contribution in [2.45, 2.75) is 25.3 Å². The van der Waals surface area contributed by atoms with Crippen LogP contribution in [0.3, 0.4) is 0 Å². The summed E-state index contributed by atoms with van der Waals surface area (Å²) in [6.07, 6.45) is 5.65. The fourth-order valence-corrected chi connectivity index (χ4v) is 3.91. The average molecular weight is 310 g/mol. The first kappa shape index (κ1) is 14.0. The van der Waals surface area contributed by atoms with E-state index in [1.54, 1.807) is 6.33 Å². The largest absolute Gasteiger partial charge is 0.351 e. The average Bonchev–Trinajstić information content (AvgIpc) is 3.20. The Morgan fingerprint density at radius 3 is 3.22 bits per heavy atom. The van der Waals surface area contributed by atoms with Gasteiger partial charge in [0, 0.05) is 25.8 Å². The summed E-state index contributed by atoms with van der Waals surface area (Å²) in [5, 5.41) is 9.78. The Bertz CT molecular complexity index is 778. The molecule has 4 rings (SSSR count). The van der Waals surface area contributed by atoms with E-state index >= 15 is 0 Å². The van der Waals surface area contributed by atoms with Crippen molar-refractivity contribution in [3.63, 3.8) is 0 Å². The maximum absolute atomic E-state index is 12.1. The Hall–Kier alpha value is -2.62. The zero-order valence-corrected chi connectivity index (χ0v) is 12.8. The van der Waals surface area contributed by atoms with Gasteiger partial charge in [-0.2, -0.15) is 5.26 Å². The Balaban J connectivity index is 1.64. The third-order valence-electron chi connectivity index (χ3n) is 4.97. The quantitative estimate of drug-likeness (QED) is 0.903. The van der Waals surface area contributed by atoms with E-state index in [4.69, 9.17) is 5.26 Å². The highest BCUT2D eigenvalue weighted by Crippen LogP contribution is 2.35. The van der Waals surface area contributed by atoms with Gasteiger partial charge in [0.05, 0.1) is 17.5 Å². The molecule has 2 aromatic rings. The van der Waals surface area contributed by atoms with Gasteiger partial charge < -0.3 is 14.8 Å². The molecule has 1 N–H and O–H groups in total. The summed E-state index contributed by atoms with van der Waals surface area (Å²) >= 11 is 0. The second kappa shape index (κ2) is 5.54. The third kappa shape index (κ3) is 2.31. The molecule has 2 saturated heterocycles. The monoisotopic (exact) mass is 310 g/mol. The molecule has 0 aliphatic carbocycles. The standard InChI is InChI=1S/C16H18N6O/c17-5-3-14(23)21-8-11-2-1-7-22(13(11)9-21)16-12-4-6-18-15(12)19-10-20-16/h4,6,10-11,13H,1-3,7-9H2,(H,18,19,20)/t11-,13+/m1/s1. The molecule has 7 heteroatoms. The highest BCUT2D eigenvalue weighted by molar-refractivity contribution is 5.87. The van der Waals surface area contributed by atoms with Crippen LogP contribution in [0.1, 0.15) is 19.3 Å². The number of aromatic amines is 1. The summed E-state index contributed by atoms with van der Waals surface area (Å²) in [4.78, 5) is 28.1. The summed E-state index contributed by atoms with van der Waals surface area (Å²) in [5.74, 6) is 1.34. The van der Waals surface area contributed by atoms with Crippen LogP contribution < -0.4 is 4.90 Å². The van der Waals surface area contributed by atoms with Crippen molar-refractivity contribution in [1.82, 2.24) is 19.9 Å². The van der Waals surface area contributed by atoms with Gasteiger partial charge in [-0.05, 0) is 24.8 Å². The number of nitrogens with zero attached hydrogens (tertiary/aromatic N) is 5. The molecule has 2 aliphatic rings. The summed E-state index contributed by atoms with van der Waals surface area (Å²) in [5.41, 5.74) is 0.840. The van der Waals surface area contributed by atoms with Crippen LogP contribution in [0.4, 0.5) is 5.82 Å². The summed E-state index contributed by atoms with van der Waals surface area (Å²) in [6, 6.07) is 4.24. The second-order valence-electron chi connectivity index (χ2n) is 6.23. The fourth-order valence-electron chi connectivity index (χ4n) is 3.91. The van der Waals surface area contributed by atoms with Gasteiger partial charge in [-0.1, -0.05) is 0 Å². The highest BCUT2D eigenvalue weighted by atomic mass is 16.2. The van der Waals surface area contributed by atoms with Crippen molar-refractivity contribution >= 4 is 22.8 Å². The molecule has 118 valence electrons. The molecule has 7 nitrogen and oxygen atoms in total. The molecule has 2 aromatic heterocycles. The summed E-state index contributed by atoms with van der Waals surface area (Å²) in [6.45, 7) is 2.38. The lowest BCUT2D eigenvalue weighted by atomic mass is 9.92. The van der Waals surface area contributed by atoms with Crippen LogP contribution in [-0.2, 0) is 4.79 Å². The Kier molecular flexibility index (Phi) is 3.37. The minimum atomic E-state index is -0.0590. The van der Waals surface area contributed by atoms with Gasteiger partial charge >= 0.3 is 0 Å². The molecule has 1 amide bonds. The fraction of sp³-hybridized carbons (Fsp3) is 0.500. The van der Waals surface area contributed by atoms with Gasteiger partial charge in [0.2, 0.25) is 5.91 Å². The molecular formula is C16H18N6O. The molecule has 4 heterocycles. The third-order valence-corrected chi connectivity index (χ3v) is 4.97. The normalized spacial score (nSPS) is 23.8. The van der Waals surface area contributed by atoms with E-state index in [-0.39, 0.29) is 18.4 Å². The predicted octanol–water partition coefficient (Wildman–Crippen LogP) is 1.30. The van der Waals surface area contributed by atoms with Crippen LogP contribution in [-0.4, -0.2) is 51.4 Å². The van der Waals surface area contributed by atoms with E-state index in [1.165, 1.54) is 0 Å². The number of carbonyl (C=O) groups excluding carboxylic acids is 1. The van der Waals surface area contributed by atoms with Crippen LogP contribution in [0.2, 0.25) is 0 Å². The number of nitriles is 1. The molecule has 2 fully saturated rings. The van der Waals surface area contributed by atoms with Crippen molar-refractivity contribution in [2.75, 3.05) is 24.5 Å². The molecule has 0 spiro atoms. The molecule has 0 bridgehead atoms. The van der Waals surface area contributed by atoms with Crippen LogP contribution in [0.25, 0.3) is 11.0 Å². The lowest BCUT2D eigenvalue weighted by Gasteiger charge is -2.37. The van der Waals surface area contributed by atoms with E-state index in [0.717, 1.165) is 42.8 Å². The predicted molar refractivity (Wildman–Crippen MR) is 84.6 cm³/mol. The Labute approximate surface area is 133 Å². The van der Waals surface area contributed by atoms with Crippen LogP contribution in [0.5, 0.6) is 0 Å². The van der Waals surface area contributed by atoms with Crippen molar-refractivity contribution in [3.8, 4) is 6.07 Å². The lowest BCUT2D eigenvalue weighted by molar-refractivity contribution is -0.129. The van der Waals surface area contributed by atoms with E-state index in [1.807, 2.05) is 23.2 Å². The molecule has 2 aliphatic heterocycles. The molecule has 0 radical (unpaired) electrons. The van der Waals surface area contributed by atoms with E-state index in [2.05, 4.69) is 19.9 Å². The van der Waals surface area contributed by atoms with Crippen molar-refractivity contribution in [3.05, 3.63) is 18.6 Å². The number of aromatic nitrogens is 3. The number of rotatable bonds is 2. The molecule has 2 atom stereocenters. The topological polar surface area (TPSA) is 88.9 Å². The second-order valence-corrected chi connectivity index (χ2v) is 6.23. The maximum Gasteiger partial charge on any atom is 0.236 e. The lowest BCUT2D eigenvalue weighted by Crippen LogP contribution is -2.46. The number of piperidine rings is 1. The van der Waals surface area contributed by atoms with Gasteiger partial charge in [0.25, 0.3) is 0 Å². The van der Waals surface area contributed by atoms with Crippen molar-refractivity contribution in [1.29, 1.82) is 5.26 Å².